The Balaban J connectivity index is 1.54. The van der Waals surface area contributed by atoms with Crippen LogP contribution in [0.2, 0.25) is 0 Å². The summed E-state index contributed by atoms with van der Waals surface area (Å²) in [6.45, 7) is 4.60. The van der Waals surface area contributed by atoms with Crippen molar-refractivity contribution in [2.45, 2.75) is 31.3 Å². The van der Waals surface area contributed by atoms with Crippen molar-refractivity contribution in [3.63, 3.8) is 0 Å². The van der Waals surface area contributed by atoms with E-state index < -0.39 is 0 Å². The first-order chi connectivity index (χ1) is 10.3. The van der Waals surface area contributed by atoms with Gasteiger partial charge in [-0.3, -0.25) is 0 Å². The fraction of sp³-hybridized carbons (Fsp3) is 0.647. The van der Waals surface area contributed by atoms with Crippen LogP contribution in [0.3, 0.4) is 0 Å². The maximum Gasteiger partial charge on any atom is 0.124 e. The summed E-state index contributed by atoms with van der Waals surface area (Å²) < 4.78 is 11.2. The summed E-state index contributed by atoms with van der Waals surface area (Å²) in [5.41, 5.74) is 1.26. The average Bonchev–Trinajstić information content (AvgIpc) is 2.56. The molecule has 5 rings (SSSR count). The number of rotatable bonds is 3. The average molecular weight is 288 g/mol. The van der Waals surface area contributed by atoms with Gasteiger partial charge in [-0.05, 0) is 50.0 Å². The van der Waals surface area contributed by atoms with Crippen molar-refractivity contribution in [2.75, 3.05) is 33.4 Å². The van der Waals surface area contributed by atoms with Gasteiger partial charge in [0, 0.05) is 30.6 Å². The Morgan fingerprint density at radius 1 is 1.24 bits per heavy atom. The van der Waals surface area contributed by atoms with Gasteiger partial charge in [0.15, 0.2) is 0 Å². The van der Waals surface area contributed by atoms with E-state index in [2.05, 4.69) is 16.3 Å². The number of nitrogens with zero attached hydrogens (tertiary/aromatic N) is 1. The molecule has 4 heteroatoms. The highest BCUT2D eigenvalue weighted by Gasteiger charge is 2.36. The molecule has 0 aliphatic carbocycles. The summed E-state index contributed by atoms with van der Waals surface area (Å²) in [7, 11) is 1.72. The minimum absolute atomic E-state index is 0.398. The van der Waals surface area contributed by atoms with Gasteiger partial charge in [0.25, 0.3) is 0 Å². The SMILES string of the molecule is COc1ccc2c(c1)C(NC1CN3CCC1CC3)CCO2. The molecule has 3 fully saturated rings. The summed E-state index contributed by atoms with van der Waals surface area (Å²) in [5.74, 6) is 2.78. The molecule has 3 saturated heterocycles. The largest absolute Gasteiger partial charge is 0.497 e. The van der Waals surface area contributed by atoms with Crippen molar-refractivity contribution in [2.24, 2.45) is 5.92 Å². The van der Waals surface area contributed by atoms with Gasteiger partial charge >= 0.3 is 0 Å². The number of ether oxygens (including phenoxy) is 2. The van der Waals surface area contributed by atoms with Crippen LogP contribution >= 0.6 is 0 Å². The maximum absolute atomic E-state index is 5.80. The molecule has 0 spiro atoms. The molecule has 4 aliphatic heterocycles. The Bertz CT molecular complexity index is 512. The third-order valence-electron chi connectivity index (χ3n) is 5.33. The molecule has 4 aliphatic rings. The standard InChI is InChI=1S/C17H24N2O2/c1-20-13-2-3-17-14(10-13)15(6-9-21-17)18-16-11-19-7-4-12(16)5-8-19/h2-3,10,12,15-16,18H,4-9,11H2,1H3. The van der Waals surface area contributed by atoms with Crippen LogP contribution in [0.4, 0.5) is 0 Å². The zero-order valence-corrected chi connectivity index (χ0v) is 12.7. The third-order valence-corrected chi connectivity index (χ3v) is 5.33. The van der Waals surface area contributed by atoms with Crippen LogP contribution in [-0.2, 0) is 0 Å². The normalized spacial score (nSPS) is 34.1. The molecule has 114 valence electrons. The Kier molecular flexibility index (Phi) is 3.51. The first kappa shape index (κ1) is 13.4. The molecule has 0 radical (unpaired) electrons. The molecule has 21 heavy (non-hydrogen) atoms. The van der Waals surface area contributed by atoms with Crippen LogP contribution in [-0.4, -0.2) is 44.3 Å². The second-order valence-electron chi connectivity index (χ2n) is 6.50. The smallest absolute Gasteiger partial charge is 0.124 e. The Labute approximate surface area is 126 Å². The first-order valence-corrected chi connectivity index (χ1v) is 8.12. The molecule has 0 saturated carbocycles. The molecule has 1 aromatic carbocycles. The highest BCUT2D eigenvalue weighted by molar-refractivity contribution is 5.43. The van der Waals surface area contributed by atoms with Crippen LogP contribution in [0.25, 0.3) is 0 Å². The van der Waals surface area contributed by atoms with Gasteiger partial charge < -0.3 is 19.7 Å². The topological polar surface area (TPSA) is 33.7 Å². The summed E-state index contributed by atoms with van der Waals surface area (Å²) in [4.78, 5) is 2.60. The van der Waals surface area contributed by atoms with Gasteiger partial charge in [-0.1, -0.05) is 0 Å². The lowest BCUT2D eigenvalue weighted by molar-refractivity contribution is 0.0633. The number of fused-ring (bicyclic) bond motifs is 4. The van der Waals surface area contributed by atoms with Crippen LogP contribution in [0, 0.1) is 5.92 Å². The van der Waals surface area contributed by atoms with Crippen molar-refractivity contribution < 1.29 is 9.47 Å². The van der Waals surface area contributed by atoms with Crippen LogP contribution < -0.4 is 14.8 Å². The lowest BCUT2D eigenvalue weighted by atomic mass is 9.83. The Morgan fingerprint density at radius 2 is 2.10 bits per heavy atom. The molecular weight excluding hydrogens is 264 g/mol. The molecule has 1 N–H and O–H groups in total. The predicted molar refractivity (Wildman–Crippen MR) is 81.9 cm³/mol. The molecule has 4 heterocycles. The van der Waals surface area contributed by atoms with Gasteiger partial charge in [-0.2, -0.15) is 0 Å². The molecule has 1 aromatic rings. The minimum atomic E-state index is 0.398. The van der Waals surface area contributed by atoms with E-state index in [1.54, 1.807) is 7.11 Å². The number of hydrogen-bond acceptors (Lipinski definition) is 4. The van der Waals surface area contributed by atoms with E-state index in [1.807, 2.05) is 12.1 Å². The first-order valence-electron chi connectivity index (χ1n) is 8.12. The zero-order chi connectivity index (χ0) is 14.2. The Morgan fingerprint density at radius 3 is 2.81 bits per heavy atom. The lowest BCUT2D eigenvalue weighted by Gasteiger charge is -2.46. The molecule has 2 bridgehead atoms. The third kappa shape index (κ3) is 2.51. The number of hydrogen-bond donors (Lipinski definition) is 1. The molecule has 0 amide bonds. The van der Waals surface area contributed by atoms with Crippen molar-refractivity contribution in [3.05, 3.63) is 23.8 Å². The van der Waals surface area contributed by atoms with Gasteiger partial charge in [0.05, 0.1) is 13.7 Å². The van der Waals surface area contributed by atoms with Gasteiger partial charge in [-0.25, -0.2) is 0 Å². The monoisotopic (exact) mass is 288 g/mol. The quantitative estimate of drug-likeness (QED) is 0.924. The molecule has 4 nitrogen and oxygen atoms in total. The second-order valence-corrected chi connectivity index (χ2v) is 6.50. The van der Waals surface area contributed by atoms with E-state index in [0.29, 0.717) is 12.1 Å². The van der Waals surface area contributed by atoms with E-state index >= 15 is 0 Å². The van der Waals surface area contributed by atoms with Crippen LogP contribution in [0.1, 0.15) is 30.9 Å². The second kappa shape index (κ2) is 5.50. The summed E-state index contributed by atoms with van der Waals surface area (Å²) in [6, 6.07) is 7.19. The van der Waals surface area contributed by atoms with E-state index in [-0.39, 0.29) is 0 Å². The van der Waals surface area contributed by atoms with E-state index in [4.69, 9.17) is 9.47 Å². The number of benzene rings is 1. The van der Waals surface area contributed by atoms with Crippen LogP contribution in [0.15, 0.2) is 18.2 Å². The zero-order valence-electron chi connectivity index (χ0n) is 12.7. The molecule has 2 atom stereocenters. The number of methoxy groups -OCH3 is 1. The Hall–Kier alpha value is -1.26. The molecule has 2 unspecified atom stereocenters. The number of piperidine rings is 3. The fourth-order valence-corrected chi connectivity index (χ4v) is 4.08. The molecule has 0 aromatic heterocycles. The van der Waals surface area contributed by atoms with Crippen molar-refractivity contribution >= 4 is 0 Å². The predicted octanol–water partition coefficient (Wildman–Crippen LogP) is 2.20. The minimum Gasteiger partial charge on any atom is -0.497 e. The van der Waals surface area contributed by atoms with E-state index in [0.717, 1.165) is 30.4 Å². The van der Waals surface area contributed by atoms with Crippen molar-refractivity contribution in [3.8, 4) is 11.5 Å². The van der Waals surface area contributed by atoms with Gasteiger partial charge in [0.1, 0.15) is 11.5 Å². The molecular formula is C17H24N2O2. The van der Waals surface area contributed by atoms with Crippen molar-refractivity contribution in [1.29, 1.82) is 0 Å². The van der Waals surface area contributed by atoms with Crippen molar-refractivity contribution in [1.82, 2.24) is 10.2 Å². The van der Waals surface area contributed by atoms with E-state index in [9.17, 15) is 0 Å². The summed E-state index contributed by atoms with van der Waals surface area (Å²) in [6.07, 6.45) is 3.75. The summed E-state index contributed by atoms with van der Waals surface area (Å²) >= 11 is 0. The highest BCUT2D eigenvalue weighted by Crippen LogP contribution is 2.37. The summed E-state index contributed by atoms with van der Waals surface area (Å²) in [5, 5.41) is 3.92. The maximum atomic E-state index is 5.80. The van der Waals surface area contributed by atoms with Gasteiger partial charge in [0.2, 0.25) is 0 Å². The fourth-order valence-electron chi connectivity index (χ4n) is 4.08. The van der Waals surface area contributed by atoms with Gasteiger partial charge in [-0.15, -0.1) is 0 Å². The van der Waals surface area contributed by atoms with Crippen LogP contribution in [0.5, 0.6) is 11.5 Å². The highest BCUT2D eigenvalue weighted by atomic mass is 16.5. The lowest BCUT2D eigenvalue weighted by Crippen LogP contribution is -2.56. The van der Waals surface area contributed by atoms with E-state index in [1.165, 1.54) is 38.0 Å². The number of nitrogens with one attached hydrogen (secondary N) is 1.